The van der Waals surface area contributed by atoms with E-state index in [1.54, 1.807) is 14.2 Å². The van der Waals surface area contributed by atoms with Gasteiger partial charge in [-0.15, -0.1) is 0 Å². The fraction of sp³-hybridized carbons (Fsp3) is 0.250. The first-order valence-electron chi connectivity index (χ1n) is 6.40. The van der Waals surface area contributed by atoms with Crippen molar-refractivity contribution in [1.29, 1.82) is 0 Å². The van der Waals surface area contributed by atoms with Crippen LogP contribution in [0.2, 0.25) is 0 Å². The first kappa shape index (κ1) is 14.2. The van der Waals surface area contributed by atoms with Crippen LogP contribution in [0.5, 0.6) is 23.0 Å². The number of benzene rings is 2. The Bertz CT molecular complexity index is 564. The summed E-state index contributed by atoms with van der Waals surface area (Å²) in [6.07, 6.45) is 0. The predicted octanol–water partition coefficient (Wildman–Crippen LogP) is 3.52. The Balaban J connectivity index is 2.32. The zero-order valence-electron chi connectivity index (χ0n) is 11.9. The summed E-state index contributed by atoms with van der Waals surface area (Å²) in [5.41, 5.74) is 6.86. The van der Waals surface area contributed by atoms with E-state index < -0.39 is 0 Å². The van der Waals surface area contributed by atoms with Gasteiger partial charge < -0.3 is 19.9 Å². The first-order chi connectivity index (χ1) is 9.65. The van der Waals surface area contributed by atoms with Gasteiger partial charge in [-0.3, -0.25) is 0 Å². The number of rotatable bonds is 5. The Morgan fingerprint density at radius 1 is 0.850 bits per heavy atom. The minimum absolute atomic E-state index is 0.181. The molecule has 0 aliphatic heterocycles. The SMILES string of the molecule is COc1ccc(Oc2cccc(OC)c2[C@H](C)N)cc1. The summed E-state index contributed by atoms with van der Waals surface area (Å²) in [6, 6.07) is 12.8. The number of nitrogens with two attached hydrogens (primary N) is 1. The largest absolute Gasteiger partial charge is 0.497 e. The van der Waals surface area contributed by atoms with Crippen LogP contribution >= 0.6 is 0 Å². The number of hydrogen-bond donors (Lipinski definition) is 1. The molecule has 0 radical (unpaired) electrons. The number of methoxy groups -OCH3 is 2. The smallest absolute Gasteiger partial charge is 0.135 e. The molecule has 4 nitrogen and oxygen atoms in total. The van der Waals surface area contributed by atoms with Crippen molar-refractivity contribution < 1.29 is 14.2 Å². The fourth-order valence-corrected chi connectivity index (χ4v) is 2.01. The van der Waals surface area contributed by atoms with E-state index in [1.165, 1.54) is 0 Å². The Labute approximate surface area is 119 Å². The van der Waals surface area contributed by atoms with Crippen LogP contribution in [0.3, 0.4) is 0 Å². The Kier molecular flexibility index (Phi) is 4.48. The van der Waals surface area contributed by atoms with Gasteiger partial charge in [-0.2, -0.15) is 0 Å². The fourth-order valence-electron chi connectivity index (χ4n) is 2.01. The number of ether oxygens (including phenoxy) is 3. The Morgan fingerprint density at radius 2 is 1.45 bits per heavy atom. The van der Waals surface area contributed by atoms with E-state index in [0.29, 0.717) is 5.75 Å². The maximum Gasteiger partial charge on any atom is 0.135 e. The van der Waals surface area contributed by atoms with Crippen LogP contribution in [0.15, 0.2) is 42.5 Å². The summed E-state index contributed by atoms with van der Waals surface area (Å²) < 4.78 is 16.4. The predicted molar refractivity (Wildman–Crippen MR) is 78.7 cm³/mol. The van der Waals surface area contributed by atoms with Gasteiger partial charge in [0, 0.05) is 6.04 Å². The van der Waals surface area contributed by atoms with Gasteiger partial charge >= 0.3 is 0 Å². The molecule has 0 spiro atoms. The van der Waals surface area contributed by atoms with Gasteiger partial charge in [-0.1, -0.05) is 6.07 Å². The molecule has 0 fully saturated rings. The third kappa shape index (κ3) is 3.03. The van der Waals surface area contributed by atoms with Crippen LogP contribution in [0.4, 0.5) is 0 Å². The van der Waals surface area contributed by atoms with Crippen molar-refractivity contribution in [1.82, 2.24) is 0 Å². The van der Waals surface area contributed by atoms with Gasteiger partial charge in [0.25, 0.3) is 0 Å². The van der Waals surface area contributed by atoms with E-state index in [-0.39, 0.29) is 6.04 Å². The van der Waals surface area contributed by atoms with Crippen molar-refractivity contribution >= 4 is 0 Å². The molecule has 4 heteroatoms. The van der Waals surface area contributed by atoms with Gasteiger partial charge in [0.1, 0.15) is 23.0 Å². The molecule has 0 aromatic heterocycles. The summed E-state index contributed by atoms with van der Waals surface area (Å²) in [6.45, 7) is 1.90. The van der Waals surface area contributed by atoms with E-state index >= 15 is 0 Å². The highest BCUT2D eigenvalue weighted by Gasteiger charge is 2.14. The second kappa shape index (κ2) is 6.30. The maximum absolute atomic E-state index is 6.01. The topological polar surface area (TPSA) is 53.7 Å². The lowest BCUT2D eigenvalue weighted by Gasteiger charge is -2.17. The summed E-state index contributed by atoms with van der Waals surface area (Å²) in [4.78, 5) is 0. The third-order valence-electron chi connectivity index (χ3n) is 2.99. The maximum atomic E-state index is 6.01. The average molecular weight is 273 g/mol. The molecule has 0 aliphatic rings. The zero-order valence-corrected chi connectivity index (χ0v) is 11.9. The van der Waals surface area contributed by atoms with Gasteiger partial charge in [0.05, 0.1) is 19.8 Å². The van der Waals surface area contributed by atoms with Gasteiger partial charge in [0.2, 0.25) is 0 Å². The third-order valence-corrected chi connectivity index (χ3v) is 2.99. The van der Waals surface area contributed by atoms with Crippen molar-refractivity contribution in [2.24, 2.45) is 5.73 Å². The first-order valence-corrected chi connectivity index (χ1v) is 6.40. The summed E-state index contributed by atoms with van der Waals surface area (Å²) >= 11 is 0. The minimum Gasteiger partial charge on any atom is -0.497 e. The van der Waals surface area contributed by atoms with E-state index in [4.69, 9.17) is 19.9 Å². The number of hydrogen-bond acceptors (Lipinski definition) is 4. The molecule has 0 aliphatic carbocycles. The molecule has 0 heterocycles. The van der Waals surface area contributed by atoms with E-state index in [0.717, 1.165) is 22.8 Å². The van der Waals surface area contributed by atoms with E-state index in [1.807, 2.05) is 49.4 Å². The van der Waals surface area contributed by atoms with Crippen molar-refractivity contribution in [3.8, 4) is 23.0 Å². The normalized spacial score (nSPS) is 11.8. The highest BCUT2D eigenvalue weighted by atomic mass is 16.5. The molecule has 0 amide bonds. The molecule has 20 heavy (non-hydrogen) atoms. The van der Waals surface area contributed by atoms with Gasteiger partial charge in [0.15, 0.2) is 0 Å². The lowest BCUT2D eigenvalue weighted by atomic mass is 10.1. The van der Waals surface area contributed by atoms with Crippen LogP contribution in [-0.2, 0) is 0 Å². The molecule has 0 bridgehead atoms. The minimum atomic E-state index is -0.181. The highest BCUT2D eigenvalue weighted by Crippen LogP contribution is 2.35. The van der Waals surface area contributed by atoms with Gasteiger partial charge in [-0.25, -0.2) is 0 Å². The van der Waals surface area contributed by atoms with Crippen molar-refractivity contribution in [2.75, 3.05) is 14.2 Å². The van der Waals surface area contributed by atoms with Crippen molar-refractivity contribution in [3.63, 3.8) is 0 Å². The summed E-state index contributed by atoms with van der Waals surface area (Å²) in [5.74, 6) is 2.94. The Hall–Kier alpha value is -2.20. The van der Waals surface area contributed by atoms with E-state index in [2.05, 4.69) is 0 Å². The average Bonchev–Trinajstić information content (AvgIpc) is 2.47. The second-order valence-electron chi connectivity index (χ2n) is 4.44. The molecule has 0 saturated carbocycles. The molecule has 0 saturated heterocycles. The molecule has 2 aromatic rings. The molecule has 0 unspecified atom stereocenters. The standard InChI is InChI=1S/C16H19NO3/c1-11(17)16-14(19-3)5-4-6-15(16)20-13-9-7-12(18-2)8-10-13/h4-11H,17H2,1-3H3/t11-/m0/s1. The van der Waals surface area contributed by atoms with Crippen LogP contribution in [0.25, 0.3) is 0 Å². The summed E-state index contributed by atoms with van der Waals surface area (Å²) in [5, 5.41) is 0. The molecule has 2 N–H and O–H groups in total. The molecule has 1 atom stereocenters. The summed E-state index contributed by atoms with van der Waals surface area (Å²) in [7, 11) is 3.25. The van der Waals surface area contributed by atoms with Crippen LogP contribution in [-0.4, -0.2) is 14.2 Å². The quantitative estimate of drug-likeness (QED) is 0.905. The molecular weight excluding hydrogens is 254 g/mol. The van der Waals surface area contributed by atoms with E-state index in [9.17, 15) is 0 Å². The lowest BCUT2D eigenvalue weighted by Crippen LogP contribution is -2.08. The molecular formula is C16H19NO3. The van der Waals surface area contributed by atoms with Crippen LogP contribution in [0, 0.1) is 0 Å². The second-order valence-corrected chi connectivity index (χ2v) is 4.44. The lowest BCUT2D eigenvalue weighted by molar-refractivity contribution is 0.396. The van der Waals surface area contributed by atoms with Crippen LogP contribution < -0.4 is 19.9 Å². The molecule has 2 aromatic carbocycles. The Morgan fingerprint density at radius 3 is 2.00 bits per heavy atom. The van der Waals surface area contributed by atoms with Gasteiger partial charge in [-0.05, 0) is 43.3 Å². The zero-order chi connectivity index (χ0) is 14.5. The highest BCUT2D eigenvalue weighted by molar-refractivity contribution is 5.48. The van der Waals surface area contributed by atoms with Crippen LogP contribution in [0.1, 0.15) is 18.5 Å². The van der Waals surface area contributed by atoms with Crippen molar-refractivity contribution in [3.05, 3.63) is 48.0 Å². The molecule has 2 rings (SSSR count). The van der Waals surface area contributed by atoms with Crippen molar-refractivity contribution in [2.45, 2.75) is 13.0 Å². The monoisotopic (exact) mass is 273 g/mol. The molecule has 106 valence electrons.